The molecule has 0 aromatic heterocycles. The van der Waals surface area contributed by atoms with Crippen LogP contribution in [0, 0.1) is 0 Å². The van der Waals surface area contributed by atoms with E-state index in [4.69, 9.17) is 0 Å². The third-order valence-electron chi connectivity index (χ3n) is 3.17. The van der Waals surface area contributed by atoms with Gasteiger partial charge >= 0.3 is 0 Å². The van der Waals surface area contributed by atoms with Gasteiger partial charge in [0.2, 0.25) is 5.91 Å². The molecular formula is C12H24N2O2. The van der Waals surface area contributed by atoms with Crippen molar-refractivity contribution in [2.75, 3.05) is 13.6 Å². The van der Waals surface area contributed by atoms with E-state index in [1.807, 2.05) is 13.8 Å². The first-order valence-corrected chi connectivity index (χ1v) is 5.82. The van der Waals surface area contributed by atoms with Crippen LogP contribution in [-0.4, -0.2) is 41.8 Å². The van der Waals surface area contributed by atoms with Crippen molar-refractivity contribution in [3.8, 4) is 0 Å². The van der Waals surface area contributed by atoms with Gasteiger partial charge in [0.25, 0.3) is 0 Å². The molecule has 94 valence electrons. The number of hydrogen-bond acceptors (Lipinski definition) is 3. The fourth-order valence-electron chi connectivity index (χ4n) is 1.71. The summed E-state index contributed by atoms with van der Waals surface area (Å²) in [6.07, 6.45) is 0.722. The number of ketones is 1. The molecule has 0 bridgehead atoms. The fourth-order valence-corrected chi connectivity index (χ4v) is 1.71. The average molecular weight is 228 g/mol. The number of Topliss-reactive ketones (excluding diaryl/α,β-unsaturated/α-hetero) is 1. The number of likely N-dealkylation sites (N-methyl/N-ethyl adjacent to an activating group) is 2. The lowest BCUT2D eigenvalue weighted by molar-refractivity contribution is -0.145. The Morgan fingerprint density at radius 3 is 2.06 bits per heavy atom. The lowest BCUT2D eigenvalue weighted by Gasteiger charge is -2.37. The van der Waals surface area contributed by atoms with Crippen molar-refractivity contribution in [1.29, 1.82) is 0 Å². The Bertz CT molecular complexity index is 258. The maximum atomic E-state index is 12.2. The lowest BCUT2D eigenvalue weighted by atomic mass is 9.96. The lowest BCUT2D eigenvalue weighted by Crippen LogP contribution is -2.57. The van der Waals surface area contributed by atoms with Crippen LogP contribution in [0.5, 0.6) is 0 Å². The zero-order valence-corrected chi connectivity index (χ0v) is 11.3. The molecule has 0 saturated heterocycles. The molecule has 0 fully saturated rings. The molecular weight excluding hydrogens is 204 g/mol. The quantitative estimate of drug-likeness (QED) is 0.743. The predicted molar refractivity (Wildman–Crippen MR) is 65.3 cm³/mol. The standard InChI is InChI=1S/C12H24N2O2/c1-7-10(13-6)11(16)14(8-2)12(4,5)9(3)15/h10,13H,7-8H2,1-6H3/t10-/m0/s1. The van der Waals surface area contributed by atoms with E-state index in [0.717, 1.165) is 6.42 Å². The van der Waals surface area contributed by atoms with Crippen LogP contribution in [-0.2, 0) is 9.59 Å². The van der Waals surface area contributed by atoms with Gasteiger partial charge in [-0.15, -0.1) is 0 Å². The Labute approximate surface area is 98.4 Å². The van der Waals surface area contributed by atoms with Crippen LogP contribution in [0.1, 0.15) is 41.0 Å². The van der Waals surface area contributed by atoms with Gasteiger partial charge in [0.15, 0.2) is 5.78 Å². The van der Waals surface area contributed by atoms with Gasteiger partial charge in [-0.3, -0.25) is 9.59 Å². The SMILES string of the molecule is CC[C@H](NC)C(=O)N(CC)C(C)(C)C(C)=O. The maximum Gasteiger partial charge on any atom is 0.240 e. The first kappa shape index (κ1) is 15.1. The summed E-state index contributed by atoms with van der Waals surface area (Å²) in [4.78, 5) is 25.4. The van der Waals surface area contributed by atoms with E-state index < -0.39 is 5.54 Å². The summed E-state index contributed by atoms with van der Waals surface area (Å²) < 4.78 is 0. The zero-order valence-electron chi connectivity index (χ0n) is 11.3. The van der Waals surface area contributed by atoms with E-state index in [1.165, 1.54) is 6.92 Å². The third kappa shape index (κ3) is 3.04. The smallest absolute Gasteiger partial charge is 0.240 e. The summed E-state index contributed by atoms with van der Waals surface area (Å²) in [6.45, 7) is 9.50. The van der Waals surface area contributed by atoms with E-state index in [2.05, 4.69) is 5.32 Å². The highest BCUT2D eigenvalue weighted by Gasteiger charge is 2.36. The Morgan fingerprint density at radius 2 is 1.81 bits per heavy atom. The average Bonchev–Trinajstić information content (AvgIpc) is 2.19. The second kappa shape index (κ2) is 5.99. The summed E-state index contributed by atoms with van der Waals surface area (Å²) in [6, 6.07) is -0.210. The van der Waals surface area contributed by atoms with Gasteiger partial charge in [-0.25, -0.2) is 0 Å². The predicted octanol–water partition coefficient (Wildman–Crippen LogP) is 1.20. The van der Waals surface area contributed by atoms with Crippen LogP contribution in [0.3, 0.4) is 0 Å². The van der Waals surface area contributed by atoms with E-state index in [9.17, 15) is 9.59 Å². The largest absolute Gasteiger partial charge is 0.329 e. The molecule has 0 heterocycles. The molecule has 0 aliphatic heterocycles. The van der Waals surface area contributed by atoms with Crippen LogP contribution in [0.25, 0.3) is 0 Å². The minimum Gasteiger partial charge on any atom is -0.329 e. The summed E-state index contributed by atoms with van der Waals surface area (Å²) in [5.74, 6) is 0.00126. The summed E-state index contributed by atoms with van der Waals surface area (Å²) in [5.41, 5.74) is -0.726. The van der Waals surface area contributed by atoms with Crippen molar-refractivity contribution in [1.82, 2.24) is 10.2 Å². The number of amides is 1. The molecule has 1 N–H and O–H groups in total. The minimum absolute atomic E-state index is 0.00676. The number of carbonyl (C=O) groups is 2. The highest BCUT2D eigenvalue weighted by Crippen LogP contribution is 2.17. The topological polar surface area (TPSA) is 49.4 Å². The van der Waals surface area contributed by atoms with E-state index >= 15 is 0 Å². The van der Waals surface area contributed by atoms with Crippen molar-refractivity contribution in [2.24, 2.45) is 0 Å². The summed E-state index contributed by atoms with van der Waals surface area (Å²) in [5, 5.41) is 2.97. The highest BCUT2D eigenvalue weighted by atomic mass is 16.2. The zero-order chi connectivity index (χ0) is 12.9. The number of nitrogens with zero attached hydrogens (tertiary/aromatic N) is 1. The number of carbonyl (C=O) groups excluding carboxylic acids is 2. The third-order valence-corrected chi connectivity index (χ3v) is 3.17. The molecule has 0 unspecified atom stereocenters. The number of hydrogen-bond donors (Lipinski definition) is 1. The first-order chi connectivity index (χ1) is 7.32. The van der Waals surface area contributed by atoms with Gasteiger partial charge in [-0.2, -0.15) is 0 Å². The number of rotatable bonds is 6. The summed E-state index contributed by atoms with van der Waals surface area (Å²) in [7, 11) is 1.76. The van der Waals surface area contributed by atoms with Gasteiger partial charge in [-0.05, 0) is 41.2 Å². The van der Waals surface area contributed by atoms with E-state index in [-0.39, 0.29) is 17.7 Å². The summed E-state index contributed by atoms with van der Waals surface area (Å²) >= 11 is 0. The Kier molecular flexibility index (Phi) is 5.65. The van der Waals surface area contributed by atoms with Crippen LogP contribution in [0.2, 0.25) is 0 Å². The van der Waals surface area contributed by atoms with E-state index in [0.29, 0.717) is 6.54 Å². The van der Waals surface area contributed by atoms with Gasteiger partial charge in [0.1, 0.15) is 0 Å². The van der Waals surface area contributed by atoms with Crippen LogP contribution in [0.15, 0.2) is 0 Å². The van der Waals surface area contributed by atoms with Crippen molar-refractivity contribution >= 4 is 11.7 Å². The van der Waals surface area contributed by atoms with Gasteiger partial charge < -0.3 is 10.2 Å². The molecule has 4 nitrogen and oxygen atoms in total. The highest BCUT2D eigenvalue weighted by molar-refractivity contribution is 5.92. The van der Waals surface area contributed by atoms with Crippen LogP contribution >= 0.6 is 0 Å². The van der Waals surface area contributed by atoms with Gasteiger partial charge in [-0.1, -0.05) is 6.92 Å². The normalized spacial score (nSPS) is 13.4. The van der Waals surface area contributed by atoms with Gasteiger partial charge in [0, 0.05) is 6.54 Å². The van der Waals surface area contributed by atoms with Crippen molar-refractivity contribution in [3.05, 3.63) is 0 Å². The monoisotopic (exact) mass is 228 g/mol. The molecule has 0 aromatic carbocycles. The van der Waals surface area contributed by atoms with Crippen molar-refractivity contribution < 1.29 is 9.59 Å². The Morgan fingerprint density at radius 1 is 1.31 bits per heavy atom. The maximum absolute atomic E-state index is 12.2. The molecule has 0 aliphatic rings. The molecule has 0 aromatic rings. The second-order valence-electron chi connectivity index (χ2n) is 4.45. The number of nitrogens with one attached hydrogen (secondary N) is 1. The fraction of sp³-hybridized carbons (Fsp3) is 0.833. The van der Waals surface area contributed by atoms with Gasteiger partial charge in [0.05, 0.1) is 11.6 Å². The van der Waals surface area contributed by atoms with Crippen LogP contribution in [0.4, 0.5) is 0 Å². The Balaban J connectivity index is 5.00. The Hall–Kier alpha value is -0.900. The van der Waals surface area contributed by atoms with E-state index in [1.54, 1.807) is 25.8 Å². The van der Waals surface area contributed by atoms with Crippen molar-refractivity contribution in [2.45, 2.75) is 52.6 Å². The molecule has 0 radical (unpaired) electrons. The molecule has 1 atom stereocenters. The molecule has 4 heteroatoms. The minimum atomic E-state index is -0.726. The molecule has 0 saturated carbocycles. The first-order valence-electron chi connectivity index (χ1n) is 5.82. The van der Waals surface area contributed by atoms with Crippen molar-refractivity contribution in [3.63, 3.8) is 0 Å². The van der Waals surface area contributed by atoms with Crippen LogP contribution < -0.4 is 5.32 Å². The molecule has 0 aliphatic carbocycles. The molecule has 16 heavy (non-hydrogen) atoms. The molecule has 0 rings (SSSR count). The second-order valence-corrected chi connectivity index (χ2v) is 4.45. The molecule has 1 amide bonds. The molecule has 0 spiro atoms.